The zero-order valence-corrected chi connectivity index (χ0v) is 20.2. The maximum absolute atomic E-state index is 13.0. The number of carbonyl (C=O) groups excluding carboxylic acids is 2. The first-order chi connectivity index (χ1) is 16.8. The summed E-state index contributed by atoms with van der Waals surface area (Å²) in [6.45, 7) is 0.736. The second-order valence-corrected chi connectivity index (χ2v) is 9.66. The van der Waals surface area contributed by atoms with Crippen molar-refractivity contribution in [1.29, 1.82) is 0 Å². The van der Waals surface area contributed by atoms with Crippen molar-refractivity contribution in [3.8, 4) is 11.1 Å². The topological polar surface area (TPSA) is 108 Å². The van der Waals surface area contributed by atoms with Crippen LogP contribution in [0.3, 0.4) is 0 Å². The Labute approximate surface area is 205 Å². The van der Waals surface area contributed by atoms with Crippen molar-refractivity contribution in [2.45, 2.75) is 43.7 Å². The first kappa shape index (κ1) is 24.7. The molecule has 2 aliphatic rings. The molecule has 1 fully saturated rings. The number of carbonyl (C=O) groups is 3. The largest absolute Gasteiger partial charge is 0.481 e. The van der Waals surface area contributed by atoms with Gasteiger partial charge in [-0.25, -0.2) is 4.79 Å². The van der Waals surface area contributed by atoms with Gasteiger partial charge in [-0.1, -0.05) is 48.5 Å². The maximum atomic E-state index is 13.0. The Hall–Kier alpha value is -3.39. The quantitative estimate of drug-likeness (QED) is 0.457. The van der Waals surface area contributed by atoms with Crippen LogP contribution in [0.25, 0.3) is 11.1 Å². The van der Waals surface area contributed by atoms with Crippen molar-refractivity contribution in [1.82, 2.24) is 15.5 Å². The average Bonchev–Trinajstić information content (AvgIpc) is 3.62. The molecule has 186 valence electrons. The van der Waals surface area contributed by atoms with Crippen LogP contribution in [-0.2, 0) is 14.3 Å². The third-order valence-electron chi connectivity index (χ3n) is 6.73. The number of nitrogens with zero attached hydrogens (tertiary/aromatic N) is 1. The van der Waals surface area contributed by atoms with Gasteiger partial charge in [-0.3, -0.25) is 9.59 Å². The molecule has 0 bridgehead atoms. The molecule has 1 saturated carbocycles. The molecule has 35 heavy (non-hydrogen) atoms. The maximum Gasteiger partial charge on any atom is 0.407 e. The van der Waals surface area contributed by atoms with E-state index in [1.165, 1.54) is 0 Å². The molecule has 4 rings (SSSR count). The molecule has 2 aliphatic carbocycles. The fraction of sp³-hybridized carbons (Fsp3) is 0.444. The minimum absolute atomic E-state index is 0.0722. The molecule has 2 unspecified atom stereocenters. The lowest BCUT2D eigenvalue weighted by Gasteiger charge is -2.24. The number of nitrogens with one attached hydrogen (secondary N) is 2. The zero-order valence-electron chi connectivity index (χ0n) is 20.2. The van der Waals surface area contributed by atoms with Gasteiger partial charge in [-0.15, -0.1) is 0 Å². The van der Waals surface area contributed by atoms with E-state index in [9.17, 15) is 19.5 Å². The molecule has 2 aromatic carbocycles. The standard InChI is InChI=1S/C27H33N3O5/c1-30(2)14-13-23(26(33)28-24(15-25(31)32)17-11-12-17)29-27(34)35-16-22-20-9-5-3-7-18(20)19-8-4-6-10-21(19)22/h3-10,17,22-24H,11-16H2,1-2H3,(H,28,33)(H,29,34)(H,31,32). The summed E-state index contributed by atoms with van der Waals surface area (Å²) < 4.78 is 5.62. The number of carboxylic acid groups (broad SMARTS) is 1. The monoisotopic (exact) mass is 479 g/mol. The van der Waals surface area contributed by atoms with E-state index in [2.05, 4.69) is 34.9 Å². The number of aliphatic carboxylic acids is 1. The highest BCUT2D eigenvalue weighted by atomic mass is 16.5. The summed E-state index contributed by atoms with van der Waals surface area (Å²) in [5, 5.41) is 14.8. The van der Waals surface area contributed by atoms with Crippen LogP contribution in [0.5, 0.6) is 0 Å². The van der Waals surface area contributed by atoms with Gasteiger partial charge in [0.25, 0.3) is 0 Å². The Morgan fingerprint density at radius 3 is 2.14 bits per heavy atom. The van der Waals surface area contributed by atoms with Crippen LogP contribution in [0, 0.1) is 5.92 Å². The number of hydrogen-bond acceptors (Lipinski definition) is 5. The average molecular weight is 480 g/mol. The number of fused-ring (bicyclic) bond motifs is 3. The highest BCUT2D eigenvalue weighted by Gasteiger charge is 2.35. The molecule has 0 aromatic heterocycles. The van der Waals surface area contributed by atoms with Gasteiger partial charge in [-0.05, 0) is 68.1 Å². The van der Waals surface area contributed by atoms with E-state index in [0.29, 0.717) is 13.0 Å². The molecular formula is C27H33N3O5. The van der Waals surface area contributed by atoms with Gasteiger partial charge in [0.1, 0.15) is 12.6 Å². The van der Waals surface area contributed by atoms with Crippen LogP contribution >= 0.6 is 0 Å². The predicted octanol–water partition coefficient (Wildman–Crippen LogP) is 3.21. The van der Waals surface area contributed by atoms with Gasteiger partial charge < -0.3 is 25.4 Å². The van der Waals surface area contributed by atoms with Gasteiger partial charge in [0.2, 0.25) is 5.91 Å². The molecule has 8 heteroatoms. The number of amides is 2. The van der Waals surface area contributed by atoms with E-state index in [0.717, 1.165) is 35.1 Å². The van der Waals surface area contributed by atoms with Crippen molar-refractivity contribution < 1.29 is 24.2 Å². The van der Waals surface area contributed by atoms with E-state index >= 15 is 0 Å². The minimum Gasteiger partial charge on any atom is -0.481 e. The molecule has 2 atom stereocenters. The molecule has 3 N–H and O–H groups in total. The van der Waals surface area contributed by atoms with Gasteiger partial charge in [0.05, 0.1) is 6.42 Å². The summed E-state index contributed by atoms with van der Waals surface area (Å²) >= 11 is 0. The highest BCUT2D eigenvalue weighted by molar-refractivity contribution is 5.86. The Bertz CT molecular complexity index is 1040. The first-order valence-corrected chi connectivity index (χ1v) is 12.1. The first-order valence-electron chi connectivity index (χ1n) is 12.1. The van der Waals surface area contributed by atoms with Gasteiger partial charge in [0.15, 0.2) is 0 Å². The molecule has 2 amide bonds. The summed E-state index contributed by atoms with van der Waals surface area (Å²) in [4.78, 5) is 38.9. The van der Waals surface area contributed by atoms with E-state index in [-0.39, 0.29) is 30.8 Å². The molecule has 0 radical (unpaired) electrons. The van der Waals surface area contributed by atoms with E-state index < -0.39 is 24.1 Å². The molecule has 0 heterocycles. The predicted molar refractivity (Wildman–Crippen MR) is 132 cm³/mol. The van der Waals surface area contributed by atoms with Gasteiger partial charge in [0, 0.05) is 12.0 Å². The Morgan fingerprint density at radius 2 is 1.60 bits per heavy atom. The lowest BCUT2D eigenvalue weighted by molar-refractivity contribution is -0.138. The smallest absolute Gasteiger partial charge is 0.407 e. The molecule has 8 nitrogen and oxygen atoms in total. The Morgan fingerprint density at radius 1 is 1.00 bits per heavy atom. The summed E-state index contributed by atoms with van der Waals surface area (Å²) in [5.74, 6) is -1.22. The number of benzene rings is 2. The van der Waals surface area contributed by atoms with E-state index in [4.69, 9.17) is 4.74 Å². The second kappa shape index (κ2) is 10.9. The SMILES string of the molecule is CN(C)CCC(NC(=O)OCC1c2ccccc2-c2ccccc21)C(=O)NC(CC(=O)O)C1CC1. The van der Waals surface area contributed by atoms with Crippen LogP contribution < -0.4 is 10.6 Å². The number of carboxylic acids is 1. The lowest BCUT2D eigenvalue weighted by Crippen LogP contribution is -2.51. The molecule has 2 aromatic rings. The van der Waals surface area contributed by atoms with Crippen LogP contribution in [0.15, 0.2) is 48.5 Å². The fourth-order valence-electron chi connectivity index (χ4n) is 4.74. The molecule has 0 saturated heterocycles. The minimum atomic E-state index is -0.948. The van der Waals surface area contributed by atoms with Crippen LogP contribution in [0.4, 0.5) is 4.79 Å². The molecule has 0 aliphatic heterocycles. The highest BCUT2D eigenvalue weighted by Crippen LogP contribution is 2.44. The normalized spacial score (nSPS) is 16.2. The molecular weight excluding hydrogens is 446 g/mol. The van der Waals surface area contributed by atoms with E-state index in [1.54, 1.807) is 0 Å². The van der Waals surface area contributed by atoms with Crippen molar-refractivity contribution in [3.63, 3.8) is 0 Å². The van der Waals surface area contributed by atoms with Crippen molar-refractivity contribution in [2.24, 2.45) is 5.92 Å². The number of hydrogen-bond donors (Lipinski definition) is 3. The fourth-order valence-corrected chi connectivity index (χ4v) is 4.74. The summed E-state index contributed by atoms with van der Waals surface area (Å²) in [5.41, 5.74) is 4.52. The van der Waals surface area contributed by atoms with Gasteiger partial charge >= 0.3 is 12.1 Å². The summed E-state index contributed by atoms with van der Waals surface area (Å²) in [6.07, 6.45) is 1.41. The van der Waals surface area contributed by atoms with Crippen LogP contribution in [0.1, 0.15) is 42.7 Å². The zero-order chi connectivity index (χ0) is 24.9. The number of alkyl carbamates (subject to hydrolysis) is 1. The van der Waals surface area contributed by atoms with Crippen molar-refractivity contribution >= 4 is 18.0 Å². The van der Waals surface area contributed by atoms with Crippen molar-refractivity contribution in [3.05, 3.63) is 59.7 Å². The number of ether oxygens (including phenoxy) is 1. The van der Waals surface area contributed by atoms with Crippen LogP contribution in [-0.4, -0.2) is 67.3 Å². The molecule has 0 spiro atoms. The summed E-state index contributed by atoms with van der Waals surface area (Å²) in [6, 6.07) is 15.0. The van der Waals surface area contributed by atoms with Crippen molar-refractivity contribution in [2.75, 3.05) is 27.2 Å². The van der Waals surface area contributed by atoms with Crippen LogP contribution in [0.2, 0.25) is 0 Å². The Kier molecular flexibility index (Phi) is 7.70. The number of rotatable bonds is 11. The van der Waals surface area contributed by atoms with E-state index in [1.807, 2.05) is 43.3 Å². The second-order valence-electron chi connectivity index (χ2n) is 9.66. The third kappa shape index (κ3) is 6.19. The summed E-state index contributed by atoms with van der Waals surface area (Å²) in [7, 11) is 3.78. The lowest BCUT2D eigenvalue weighted by atomic mass is 9.98. The van der Waals surface area contributed by atoms with Gasteiger partial charge in [-0.2, -0.15) is 0 Å². The Balaban J connectivity index is 1.40. The third-order valence-corrected chi connectivity index (χ3v) is 6.73.